The van der Waals surface area contributed by atoms with Gasteiger partial charge in [0.05, 0.1) is 0 Å². The number of carbonyl (C=O) groups is 1. The first-order valence-electron chi connectivity index (χ1n) is 6.08. The second-order valence-corrected chi connectivity index (χ2v) is 4.94. The van der Waals surface area contributed by atoms with Crippen LogP contribution >= 0.6 is 0 Å². The van der Waals surface area contributed by atoms with Gasteiger partial charge in [0.25, 0.3) is 5.91 Å². The molecule has 1 atom stereocenters. The average molecular weight is 255 g/mol. The summed E-state index contributed by atoms with van der Waals surface area (Å²) in [5, 5.41) is 2.36. The third-order valence-corrected chi connectivity index (χ3v) is 2.62. The van der Waals surface area contributed by atoms with Crippen LogP contribution in [0.5, 0.6) is 0 Å². The molecule has 0 aromatic heterocycles. The van der Waals surface area contributed by atoms with E-state index in [0.29, 0.717) is 12.3 Å². The molecule has 1 aromatic rings. The molecule has 1 N–H and O–H groups in total. The van der Waals surface area contributed by atoms with Crippen molar-refractivity contribution in [3.63, 3.8) is 0 Å². The van der Waals surface area contributed by atoms with Crippen LogP contribution < -0.4 is 5.32 Å². The van der Waals surface area contributed by atoms with Crippen LogP contribution in [-0.4, -0.2) is 11.9 Å². The summed E-state index contributed by atoms with van der Waals surface area (Å²) < 4.78 is 27.7. The van der Waals surface area contributed by atoms with Crippen LogP contribution in [0.4, 0.5) is 8.78 Å². The Hall–Kier alpha value is -1.45. The highest BCUT2D eigenvalue weighted by Crippen LogP contribution is 2.28. The quantitative estimate of drug-likeness (QED) is 0.859. The van der Waals surface area contributed by atoms with Crippen molar-refractivity contribution in [3.05, 3.63) is 35.9 Å². The van der Waals surface area contributed by atoms with Crippen molar-refractivity contribution >= 4 is 5.91 Å². The third kappa shape index (κ3) is 3.79. The Morgan fingerprint density at radius 3 is 2.28 bits per heavy atom. The smallest absolute Gasteiger partial charge is 0.348 e. The van der Waals surface area contributed by atoms with Gasteiger partial charge in [0, 0.05) is 11.6 Å². The highest BCUT2D eigenvalue weighted by atomic mass is 19.3. The van der Waals surface area contributed by atoms with Gasteiger partial charge in [-0.1, -0.05) is 44.2 Å². The number of nitrogens with one attached hydrogen (secondary N) is 1. The van der Waals surface area contributed by atoms with Crippen molar-refractivity contribution in [2.75, 3.05) is 0 Å². The second-order valence-electron chi connectivity index (χ2n) is 4.94. The Labute approximate surface area is 106 Å². The maximum Gasteiger partial charge on any atom is 0.349 e. The zero-order valence-electron chi connectivity index (χ0n) is 10.9. The van der Waals surface area contributed by atoms with E-state index in [1.165, 1.54) is 24.3 Å². The molecule has 18 heavy (non-hydrogen) atoms. The van der Waals surface area contributed by atoms with E-state index >= 15 is 0 Å². The highest BCUT2D eigenvalue weighted by molar-refractivity contribution is 5.84. The predicted molar refractivity (Wildman–Crippen MR) is 67.4 cm³/mol. The van der Waals surface area contributed by atoms with E-state index < -0.39 is 11.8 Å². The molecule has 0 aliphatic heterocycles. The van der Waals surface area contributed by atoms with E-state index in [4.69, 9.17) is 0 Å². The van der Waals surface area contributed by atoms with Crippen LogP contribution in [0.1, 0.15) is 32.8 Å². The van der Waals surface area contributed by atoms with Crippen molar-refractivity contribution in [1.29, 1.82) is 0 Å². The third-order valence-electron chi connectivity index (χ3n) is 2.62. The van der Waals surface area contributed by atoms with Crippen molar-refractivity contribution in [1.82, 2.24) is 5.32 Å². The topological polar surface area (TPSA) is 29.1 Å². The summed E-state index contributed by atoms with van der Waals surface area (Å²) in [6, 6.07) is 6.88. The van der Waals surface area contributed by atoms with E-state index in [-0.39, 0.29) is 11.6 Å². The van der Waals surface area contributed by atoms with Crippen LogP contribution in [0.2, 0.25) is 0 Å². The summed E-state index contributed by atoms with van der Waals surface area (Å²) in [5.41, 5.74) is -0.278. The first-order valence-corrected chi connectivity index (χ1v) is 6.08. The number of carbonyl (C=O) groups excluding carboxylic acids is 1. The van der Waals surface area contributed by atoms with Gasteiger partial charge in [0.2, 0.25) is 0 Å². The second kappa shape index (κ2) is 5.94. The molecule has 0 saturated heterocycles. The number of hydrogen-bond donors (Lipinski definition) is 1. The zero-order valence-corrected chi connectivity index (χ0v) is 10.9. The largest absolute Gasteiger partial charge is 0.349 e. The van der Waals surface area contributed by atoms with Crippen LogP contribution in [0.25, 0.3) is 0 Å². The molecule has 0 saturated carbocycles. The van der Waals surface area contributed by atoms with Gasteiger partial charge in [-0.05, 0) is 19.3 Å². The minimum Gasteiger partial charge on any atom is -0.348 e. The molecular formula is C14H19F2NO. The lowest BCUT2D eigenvalue weighted by molar-refractivity contribution is -0.147. The Kier molecular flexibility index (Phi) is 4.82. The van der Waals surface area contributed by atoms with Crippen LogP contribution in [-0.2, 0) is 10.7 Å². The van der Waals surface area contributed by atoms with E-state index in [2.05, 4.69) is 5.32 Å². The molecule has 2 nitrogen and oxygen atoms in total. The molecule has 0 spiro atoms. The minimum absolute atomic E-state index is 0.257. The van der Waals surface area contributed by atoms with Gasteiger partial charge < -0.3 is 5.32 Å². The lowest BCUT2D eigenvalue weighted by atomic mass is 10.0. The zero-order chi connectivity index (χ0) is 13.8. The SMILES string of the molecule is CC(C)C[C@@H](C)NC(=O)C(F)(F)c1ccccc1. The predicted octanol–water partition coefficient (Wildman–Crippen LogP) is 3.33. The van der Waals surface area contributed by atoms with Crippen molar-refractivity contribution < 1.29 is 13.6 Å². The molecule has 0 unspecified atom stereocenters. The lowest BCUT2D eigenvalue weighted by Crippen LogP contribution is -2.43. The first-order chi connectivity index (χ1) is 8.34. The number of benzene rings is 1. The van der Waals surface area contributed by atoms with Gasteiger partial charge in [-0.2, -0.15) is 8.78 Å². The molecule has 1 aromatic carbocycles. The van der Waals surface area contributed by atoms with Crippen molar-refractivity contribution in [2.45, 2.75) is 39.2 Å². The first kappa shape index (κ1) is 14.6. The monoisotopic (exact) mass is 255 g/mol. The molecule has 100 valence electrons. The summed E-state index contributed by atoms with van der Waals surface area (Å²) in [4.78, 5) is 11.6. The molecule has 0 aliphatic rings. The maximum absolute atomic E-state index is 13.8. The molecule has 0 heterocycles. The summed E-state index contributed by atoms with van der Waals surface area (Å²) >= 11 is 0. The Morgan fingerprint density at radius 2 is 1.78 bits per heavy atom. The molecule has 0 aliphatic carbocycles. The molecule has 1 rings (SSSR count). The van der Waals surface area contributed by atoms with E-state index in [1.54, 1.807) is 13.0 Å². The Morgan fingerprint density at radius 1 is 1.22 bits per heavy atom. The van der Waals surface area contributed by atoms with Crippen molar-refractivity contribution in [3.8, 4) is 0 Å². The van der Waals surface area contributed by atoms with Gasteiger partial charge in [-0.3, -0.25) is 4.79 Å². The summed E-state index contributed by atoms with van der Waals surface area (Å²) in [7, 11) is 0. The Balaban J connectivity index is 2.71. The van der Waals surface area contributed by atoms with Gasteiger partial charge in [-0.15, -0.1) is 0 Å². The molecule has 0 fully saturated rings. The van der Waals surface area contributed by atoms with Gasteiger partial charge >= 0.3 is 5.92 Å². The van der Waals surface area contributed by atoms with Crippen LogP contribution in [0.3, 0.4) is 0 Å². The molecule has 0 radical (unpaired) electrons. The number of rotatable bonds is 5. The fraction of sp³-hybridized carbons (Fsp3) is 0.500. The lowest BCUT2D eigenvalue weighted by Gasteiger charge is -2.21. The summed E-state index contributed by atoms with van der Waals surface area (Å²) in [6.07, 6.45) is 0.677. The summed E-state index contributed by atoms with van der Waals surface area (Å²) in [6.45, 7) is 5.70. The van der Waals surface area contributed by atoms with Gasteiger partial charge in [0.1, 0.15) is 0 Å². The molecular weight excluding hydrogens is 236 g/mol. The standard InChI is InChI=1S/C14H19F2NO/c1-10(2)9-11(3)17-13(18)14(15,16)12-7-5-4-6-8-12/h4-8,10-11H,9H2,1-3H3,(H,17,18)/t11-/m1/s1. The Bertz CT molecular complexity index is 390. The van der Waals surface area contributed by atoms with Crippen LogP contribution in [0, 0.1) is 5.92 Å². The molecule has 0 bridgehead atoms. The number of halogens is 2. The fourth-order valence-electron chi connectivity index (χ4n) is 1.86. The van der Waals surface area contributed by atoms with E-state index in [0.717, 1.165) is 0 Å². The average Bonchev–Trinajstić information content (AvgIpc) is 2.28. The summed E-state index contributed by atoms with van der Waals surface area (Å²) in [5.74, 6) is -4.36. The number of amides is 1. The number of hydrogen-bond acceptors (Lipinski definition) is 1. The molecule has 1 amide bonds. The minimum atomic E-state index is -3.48. The van der Waals surface area contributed by atoms with Gasteiger partial charge in [0.15, 0.2) is 0 Å². The van der Waals surface area contributed by atoms with E-state index in [9.17, 15) is 13.6 Å². The normalized spacial score (nSPS) is 13.4. The molecule has 4 heteroatoms. The van der Waals surface area contributed by atoms with Crippen LogP contribution in [0.15, 0.2) is 30.3 Å². The van der Waals surface area contributed by atoms with Crippen molar-refractivity contribution in [2.24, 2.45) is 5.92 Å². The van der Waals surface area contributed by atoms with E-state index in [1.807, 2.05) is 13.8 Å². The highest BCUT2D eigenvalue weighted by Gasteiger charge is 2.41. The van der Waals surface area contributed by atoms with Gasteiger partial charge in [-0.25, -0.2) is 0 Å². The maximum atomic E-state index is 13.8. The fourth-order valence-corrected chi connectivity index (χ4v) is 1.86. The number of alkyl halides is 2.